The number of rotatable bonds is 4. The van der Waals surface area contributed by atoms with Crippen LogP contribution in [-0.4, -0.2) is 25.9 Å². The van der Waals surface area contributed by atoms with Crippen molar-refractivity contribution in [1.29, 1.82) is 5.41 Å². The first-order chi connectivity index (χ1) is 7.02. The Balaban J connectivity index is 2.97. The third-order valence-corrected chi connectivity index (χ3v) is 2.02. The van der Waals surface area contributed by atoms with Crippen LogP contribution in [-0.2, 0) is 0 Å². The van der Waals surface area contributed by atoms with E-state index in [4.69, 9.17) is 11.1 Å². The van der Waals surface area contributed by atoms with E-state index in [1.54, 1.807) is 31.3 Å². The lowest BCUT2D eigenvalue weighted by Gasteiger charge is -2.21. The second kappa shape index (κ2) is 4.72. The monoisotopic (exact) mass is 213 g/mol. The number of para-hydroxylation sites is 1. The molecule has 15 heavy (non-hydrogen) atoms. The van der Waals surface area contributed by atoms with Gasteiger partial charge in [0, 0.05) is 18.3 Å². The molecular formula is C10H13F2N3. The van der Waals surface area contributed by atoms with Crippen LogP contribution >= 0.6 is 0 Å². The molecule has 0 spiro atoms. The average Bonchev–Trinajstić information content (AvgIpc) is 2.16. The molecule has 0 aliphatic heterocycles. The van der Waals surface area contributed by atoms with Crippen molar-refractivity contribution in [3.05, 3.63) is 29.8 Å². The molecule has 0 fully saturated rings. The summed E-state index contributed by atoms with van der Waals surface area (Å²) in [5.41, 5.74) is 6.37. The quantitative estimate of drug-likeness (QED) is 0.590. The van der Waals surface area contributed by atoms with E-state index in [0.29, 0.717) is 11.3 Å². The molecule has 0 atom stereocenters. The molecule has 1 aromatic carbocycles. The number of nitrogens with two attached hydrogens (primary N) is 1. The van der Waals surface area contributed by atoms with Gasteiger partial charge in [-0.2, -0.15) is 0 Å². The van der Waals surface area contributed by atoms with Crippen LogP contribution < -0.4 is 10.6 Å². The van der Waals surface area contributed by atoms with Crippen molar-refractivity contribution in [2.45, 2.75) is 6.43 Å². The van der Waals surface area contributed by atoms with Crippen molar-refractivity contribution in [3.8, 4) is 0 Å². The molecule has 0 amide bonds. The number of alkyl halides is 2. The fourth-order valence-electron chi connectivity index (χ4n) is 1.34. The smallest absolute Gasteiger partial charge is 0.255 e. The summed E-state index contributed by atoms with van der Waals surface area (Å²) in [6, 6.07) is 6.75. The highest BCUT2D eigenvalue weighted by Crippen LogP contribution is 2.19. The summed E-state index contributed by atoms with van der Waals surface area (Å²) < 4.78 is 24.4. The molecule has 82 valence electrons. The van der Waals surface area contributed by atoms with Crippen LogP contribution in [0.2, 0.25) is 0 Å². The largest absolute Gasteiger partial charge is 0.384 e. The van der Waals surface area contributed by atoms with Gasteiger partial charge >= 0.3 is 0 Å². The minimum atomic E-state index is -2.41. The molecule has 0 saturated carbocycles. The highest BCUT2D eigenvalue weighted by atomic mass is 19.3. The molecule has 0 radical (unpaired) electrons. The van der Waals surface area contributed by atoms with Crippen LogP contribution in [0.5, 0.6) is 0 Å². The molecule has 5 heteroatoms. The summed E-state index contributed by atoms with van der Waals surface area (Å²) in [5.74, 6) is -0.119. The summed E-state index contributed by atoms with van der Waals surface area (Å²) in [6.45, 7) is -0.371. The Morgan fingerprint density at radius 1 is 1.47 bits per heavy atom. The number of benzene rings is 1. The minimum Gasteiger partial charge on any atom is -0.384 e. The lowest BCUT2D eigenvalue weighted by molar-refractivity contribution is 0.156. The first kappa shape index (κ1) is 11.4. The zero-order chi connectivity index (χ0) is 11.4. The van der Waals surface area contributed by atoms with E-state index in [1.165, 1.54) is 4.90 Å². The molecule has 3 N–H and O–H groups in total. The van der Waals surface area contributed by atoms with Crippen LogP contribution in [0.15, 0.2) is 24.3 Å². The van der Waals surface area contributed by atoms with Gasteiger partial charge in [0.15, 0.2) is 0 Å². The first-order valence-corrected chi connectivity index (χ1v) is 4.45. The van der Waals surface area contributed by atoms with Crippen molar-refractivity contribution in [2.75, 3.05) is 18.5 Å². The maximum Gasteiger partial charge on any atom is 0.255 e. The van der Waals surface area contributed by atoms with Gasteiger partial charge in [-0.15, -0.1) is 0 Å². The summed E-state index contributed by atoms with van der Waals surface area (Å²) in [7, 11) is 1.55. The second-order valence-electron chi connectivity index (χ2n) is 3.20. The number of nitrogens with zero attached hydrogens (tertiary/aromatic N) is 1. The van der Waals surface area contributed by atoms with Gasteiger partial charge in [-0.1, -0.05) is 12.1 Å². The molecular weight excluding hydrogens is 200 g/mol. The maximum absolute atomic E-state index is 12.2. The molecule has 1 aromatic rings. The average molecular weight is 213 g/mol. The number of anilines is 1. The fraction of sp³-hybridized carbons (Fsp3) is 0.300. The summed E-state index contributed by atoms with van der Waals surface area (Å²) in [4.78, 5) is 1.39. The second-order valence-corrected chi connectivity index (χ2v) is 3.20. The van der Waals surface area contributed by atoms with E-state index in [0.717, 1.165) is 0 Å². The third kappa shape index (κ3) is 2.90. The van der Waals surface area contributed by atoms with Crippen LogP contribution in [0.3, 0.4) is 0 Å². The van der Waals surface area contributed by atoms with Crippen molar-refractivity contribution in [1.82, 2.24) is 0 Å². The Bertz CT molecular complexity index is 352. The van der Waals surface area contributed by atoms with E-state index in [1.807, 2.05) is 0 Å². The highest BCUT2D eigenvalue weighted by molar-refractivity contribution is 6.00. The van der Waals surface area contributed by atoms with Gasteiger partial charge in [-0.05, 0) is 12.1 Å². The van der Waals surface area contributed by atoms with E-state index >= 15 is 0 Å². The summed E-state index contributed by atoms with van der Waals surface area (Å²) in [5, 5.41) is 7.32. The Kier molecular flexibility index (Phi) is 3.60. The molecule has 1 rings (SSSR count). The Morgan fingerprint density at radius 2 is 2.07 bits per heavy atom. The van der Waals surface area contributed by atoms with Gasteiger partial charge < -0.3 is 10.6 Å². The molecule has 0 unspecified atom stereocenters. The molecule has 0 heterocycles. The number of nitrogen functional groups attached to an aromatic ring is 1. The number of amidine groups is 1. The van der Waals surface area contributed by atoms with Gasteiger partial charge in [-0.3, -0.25) is 5.41 Å². The zero-order valence-corrected chi connectivity index (χ0v) is 8.37. The Morgan fingerprint density at radius 3 is 2.60 bits per heavy atom. The SMILES string of the molecule is CN(CC(F)F)c1ccccc1C(=N)N. The molecule has 0 aromatic heterocycles. The van der Waals surface area contributed by atoms with E-state index in [9.17, 15) is 8.78 Å². The normalized spacial score (nSPS) is 10.4. The van der Waals surface area contributed by atoms with E-state index in [-0.39, 0.29) is 12.4 Å². The molecule has 0 saturated heterocycles. The fourth-order valence-corrected chi connectivity index (χ4v) is 1.34. The number of halogens is 2. The van der Waals surface area contributed by atoms with Gasteiger partial charge in [0.05, 0.1) is 6.54 Å². The van der Waals surface area contributed by atoms with Gasteiger partial charge in [0.1, 0.15) is 5.84 Å². The van der Waals surface area contributed by atoms with Crippen molar-refractivity contribution < 1.29 is 8.78 Å². The Labute approximate surface area is 87.0 Å². The predicted molar refractivity (Wildman–Crippen MR) is 56.7 cm³/mol. The summed E-state index contributed by atoms with van der Waals surface area (Å²) >= 11 is 0. The van der Waals surface area contributed by atoms with Crippen molar-refractivity contribution in [2.24, 2.45) is 5.73 Å². The first-order valence-electron chi connectivity index (χ1n) is 4.45. The van der Waals surface area contributed by atoms with Crippen LogP contribution in [0.1, 0.15) is 5.56 Å². The molecule has 0 aliphatic rings. The van der Waals surface area contributed by atoms with Crippen LogP contribution in [0.25, 0.3) is 0 Å². The number of nitrogens with one attached hydrogen (secondary N) is 1. The maximum atomic E-state index is 12.2. The lowest BCUT2D eigenvalue weighted by Crippen LogP contribution is -2.27. The highest BCUT2D eigenvalue weighted by Gasteiger charge is 2.12. The summed E-state index contributed by atoms with van der Waals surface area (Å²) in [6.07, 6.45) is -2.41. The predicted octanol–water partition coefficient (Wildman–Crippen LogP) is 1.67. The van der Waals surface area contributed by atoms with E-state index in [2.05, 4.69) is 0 Å². The van der Waals surface area contributed by atoms with Gasteiger partial charge in [0.25, 0.3) is 6.43 Å². The van der Waals surface area contributed by atoms with Gasteiger partial charge in [-0.25, -0.2) is 8.78 Å². The lowest BCUT2D eigenvalue weighted by atomic mass is 10.1. The standard InChI is InChI=1S/C10H13F2N3/c1-15(6-9(11)12)8-5-3-2-4-7(8)10(13)14/h2-5,9H,6H2,1H3,(H3,13,14). The van der Waals surface area contributed by atoms with Crippen molar-refractivity contribution in [3.63, 3.8) is 0 Å². The zero-order valence-electron chi connectivity index (χ0n) is 8.37. The van der Waals surface area contributed by atoms with Crippen LogP contribution in [0.4, 0.5) is 14.5 Å². The third-order valence-electron chi connectivity index (χ3n) is 2.02. The minimum absolute atomic E-state index is 0.119. The number of hydrogen-bond acceptors (Lipinski definition) is 2. The topological polar surface area (TPSA) is 53.1 Å². The van der Waals surface area contributed by atoms with Crippen molar-refractivity contribution >= 4 is 11.5 Å². The molecule has 3 nitrogen and oxygen atoms in total. The van der Waals surface area contributed by atoms with E-state index < -0.39 is 6.43 Å². The molecule has 0 aliphatic carbocycles. The Hall–Kier alpha value is -1.65. The van der Waals surface area contributed by atoms with Crippen LogP contribution in [0, 0.1) is 5.41 Å². The molecule has 0 bridgehead atoms. The number of hydrogen-bond donors (Lipinski definition) is 2. The van der Waals surface area contributed by atoms with Gasteiger partial charge in [0.2, 0.25) is 0 Å².